The molecule has 2 aromatic rings. The second-order valence-electron chi connectivity index (χ2n) is 5.12. The van der Waals surface area contributed by atoms with Crippen molar-refractivity contribution in [2.45, 2.75) is 6.54 Å². The van der Waals surface area contributed by atoms with Crippen molar-refractivity contribution in [2.75, 3.05) is 13.6 Å². The van der Waals surface area contributed by atoms with Gasteiger partial charge in [0.05, 0.1) is 23.3 Å². The number of rotatable bonds is 5. The molecule has 0 atom stereocenters. The monoisotopic (exact) mass is 326 g/mol. The molecule has 0 spiro atoms. The van der Waals surface area contributed by atoms with Gasteiger partial charge in [0, 0.05) is 13.6 Å². The molecule has 1 fully saturated rings. The van der Waals surface area contributed by atoms with Crippen LogP contribution >= 0.6 is 11.3 Å². The number of urea groups is 1. The summed E-state index contributed by atoms with van der Waals surface area (Å²) in [6.45, 7) is 1.07. The number of hydrogen-bond donors (Lipinski definition) is 2. The fourth-order valence-electron chi connectivity index (χ4n) is 2.32. The van der Waals surface area contributed by atoms with Crippen molar-refractivity contribution < 1.29 is 4.79 Å². The van der Waals surface area contributed by atoms with Gasteiger partial charge in [-0.05, 0) is 17.0 Å². The van der Waals surface area contributed by atoms with Crippen molar-refractivity contribution in [1.82, 2.24) is 15.5 Å². The van der Waals surface area contributed by atoms with Gasteiger partial charge >= 0.3 is 6.03 Å². The second-order valence-corrected chi connectivity index (χ2v) is 6.07. The third-order valence-electron chi connectivity index (χ3n) is 3.50. The fraction of sp³-hybridized carbons (Fsp3) is 0.176. The predicted octanol–water partition coefficient (Wildman–Crippen LogP) is 2.89. The average Bonchev–Trinajstić information content (AvgIpc) is 3.20. The zero-order valence-electron chi connectivity index (χ0n) is 12.8. The van der Waals surface area contributed by atoms with E-state index in [1.54, 1.807) is 22.4 Å². The van der Waals surface area contributed by atoms with Crippen molar-refractivity contribution in [3.63, 3.8) is 0 Å². The number of nitrogens with one attached hydrogen (secondary N) is 2. The first kappa shape index (κ1) is 15.3. The van der Waals surface area contributed by atoms with Crippen LogP contribution in [-0.2, 0) is 6.54 Å². The maximum absolute atomic E-state index is 12.0. The molecule has 0 bridgehead atoms. The lowest BCUT2D eigenvalue weighted by Crippen LogP contribution is -2.27. The number of nitrogens with zero attached hydrogens (tertiary/aromatic N) is 2. The van der Waals surface area contributed by atoms with E-state index in [0.717, 1.165) is 16.1 Å². The molecule has 3 rings (SSSR count). The van der Waals surface area contributed by atoms with Gasteiger partial charge in [0.25, 0.3) is 0 Å². The van der Waals surface area contributed by atoms with Crippen LogP contribution in [0.4, 0.5) is 4.79 Å². The highest BCUT2D eigenvalue weighted by Crippen LogP contribution is 2.17. The van der Waals surface area contributed by atoms with Gasteiger partial charge in [-0.25, -0.2) is 9.79 Å². The largest absolute Gasteiger partial charge is 0.386 e. The molecule has 5 nitrogen and oxygen atoms in total. The van der Waals surface area contributed by atoms with Crippen LogP contribution in [0, 0.1) is 0 Å². The van der Waals surface area contributed by atoms with E-state index in [2.05, 4.69) is 15.6 Å². The molecule has 1 aliphatic heterocycles. The first-order chi connectivity index (χ1) is 11.3. The minimum Gasteiger partial charge on any atom is -0.386 e. The molecule has 0 radical (unpaired) electrons. The lowest BCUT2D eigenvalue weighted by molar-refractivity contribution is 0.215. The molecule has 2 heterocycles. The number of hydrogen-bond acceptors (Lipinski definition) is 4. The van der Waals surface area contributed by atoms with Crippen molar-refractivity contribution in [3.05, 3.63) is 64.5 Å². The van der Waals surface area contributed by atoms with E-state index >= 15 is 0 Å². The van der Waals surface area contributed by atoms with E-state index in [0.29, 0.717) is 18.9 Å². The standard InChI is InChI=1S/C17H18N4OS/c1-18-14(15-8-5-9-23-15)10-19-16-12-21(17(22)20-16)11-13-6-3-2-4-7-13/h2-10,18H,11-12H2,1H3,(H,19,20,22)/b14-10-. The van der Waals surface area contributed by atoms with Gasteiger partial charge in [-0.3, -0.25) is 5.32 Å². The van der Waals surface area contributed by atoms with Crippen LogP contribution in [0.3, 0.4) is 0 Å². The van der Waals surface area contributed by atoms with E-state index in [9.17, 15) is 4.79 Å². The van der Waals surface area contributed by atoms with Crippen LogP contribution in [0.2, 0.25) is 0 Å². The van der Waals surface area contributed by atoms with Gasteiger partial charge in [-0.15, -0.1) is 11.3 Å². The normalized spacial score (nSPS) is 16.7. The number of carbonyl (C=O) groups is 1. The van der Waals surface area contributed by atoms with Crippen LogP contribution in [0.1, 0.15) is 10.4 Å². The Morgan fingerprint density at radius 1 is 1.35 bits per heavy atom. The number of benzene rings is 1. The molecule has 6 heteroatoms. The number of aliphatic imine (C=N–C) groups is 1. The SMILES string of the molecule is CN/C(=C\N=C1CN(Cc2ccccc2)C(=O)N1)c1cccs1. The first-order valence-corrected chi connectivity index (χ1v) is 8.22. The number of amides is 2. The molecule has 2 N–H and O–H groups in total. The molecule has 23 heavy (non-hydrogen) atoms. The molecule has 0 aliphatic carbocycles. The number of amidine groups is 1. The van der Waals surface area contributed by atoms with Crippen LogP contribution in [0.5, 0.6) is 0 Å². The van der Waals surface area contributed by atoms with Gasteiger partial charge in [-0.1, -0.05) is 36.4 Å². The van der Waals surface area contributed by atoms with Gasteiger partial charge < -0.3 is 10.2 Å². The van der Waals surface area contributed by atoms with Gasteiger partial charge in [0.1, 0.15) is 5.84 Å². The fourth-order valence-corrected chi connectivity index (χ4v) is 3.07. The molecule has 1 saturated heterocycles. The van der Waals surface area contributed by atoms with Crippen molar-refractivity contribution in [2.24, 2.45) is 4.99 Å². The molecular weight excluding hydrogens is 308 g/mol. The summed E-state index contributed by atoms with van der Waals surface area (Å²) in [5.41, 5.74) is 2.04. The van der Waals surface area contributed by atoms with E-state index < -0.39 is 0 Å². The first-order valence-electron chi connectivity index (χ1n) is 7.34. The van der Waals surface area contributed by atoms with E-state index in [1.165, 1.54) is 0 Å². The maximum Gasteiger partial charge on any atom is 0.323 e. The van der Waals surface area contributed by atoms with Crippen LogP contribution < -0.4 is 10.6 Å². The topological polar surface area (TPSA) is 56.7 Å². The van der Waals surface area contributed by atoms with Gasteiger partial charge in [-0.2, -0.15) is 0 Å². The molecule has 1 aromatic carbocycles. The Hall–Kier alpha value is -2.60. The average molecular weight is 326 g/mol. The van der Waals surface area contributed by atoms with Crippen LogP contribution in [-0.4, -0.2) is 30.4 Å². The molecule has 1 aromatic heterocycles. The van der Waals surface area contributed by atoms with Crippen molar-refractivity contribution >= 4 is 28.9 Å². The Balaban J connectivity index is 1.69. The Morgan fingerprint density at radius 2 is 2.17 bits per heavy atom. The van der Waals surface area contributed by atoms with Gasteiger partial charge in [0.2, 0.25) is 0 Å². The third-order valence-corrected chi connectivity index (χ3v) is 4.40. The number of carbonyl (C=O) groups excluding carboxylic acids is 1. The smallest absolute Gasteiger partial charge is 0.323 e. The summed E-state index contributed by atoms with van der Waals surface area (Å²) < 4.78 is 0. The summed E-state index contributed by atoms with van der Waals surface area (Å²) in [5, 5.41) is 7.97. The highest BCUT2D eigenvalue weighted by atomic mass is 32.1. The maximum atomic E-state index is 12.0. The van der Waals surface area contributed by atoms with Crippen LogP contribution in [0.25, 0.3) is 5.70 Å². The van der Waals surface area contributed by atoms with Crippen molar-refractivity contribution in [3.8, 4) is 0 Å². The Bertz CT molecular complexity index is 722. The Morgan fingerprint density at radius 3 is 2.87 bits per heavy atom. The summed E-state index contributed by atoms with van der Waals surface area (Å²) in [4.78, 5) is 19.3. The summed E-state index contributed by atoms with van der Waals surface area (Å²) in [5.74, 6) is 0.662. The van der Waals surface area contributed by atoms with E-state index in [1.807, 2.05) is 54.9 Å². The van der Waals surface area contributed by atoms with Crippen LogP contribution in [0.15, 0.2) is 59.0 Å². The quantitative estimate of drug-likeness (QED) is 0.887. The summed E-state index contributed by atoms with van der Waals surface area (Å²) >= 11 is 1.64. The number of thiophene rings is 1. The summed E-state index contributed by atoms with van der Waals surface area (Å²) in [7, 11) is 1.86. The molecular formula is C17H18N4OS. The zero-order chi connectivity index (χ0) is 16.1. The lowest BCUT2D eigenvalue weighted by atomic mass is 10.2. The lowest BCUT2D eigenvalue weighted by Gasteiger charge is -2.12. The molecule has 118 valence electrons. The molecule has 0 saturated carbocycles. The van der Waals surface area contributed by atoms with Gasteiger partial charge in [0.15, 0.2) is 0 Å². The molecule has 1 aliphatic rings. The third kappa shape index (κ3) is 3.78. The minimum atomic E-state index is -0.108. The highest BCUT2D eigenvalue weighted by Gasteiger charge is 2.24. The molecule has 2 amide bonds. The van der Waals surface area contributed by atoms with Crippen molar-refractivity contribution in [1.29, 1.82) is 0 Å². The minimum absolute atomic E-state index is 0.108. The zero-order valence-corrected chi connectivity index (χ0v) is 13.6. The summed E-state index contributed by atoms with van der Waals surface area (Å²) in [6, 6.07) is 13.9. The highest BCUT2D eigenvalue weighted by molar-refractivity contribution is 7.11. The Labute approximate surface area is 139 Å². The van der Waals surface area contributed by atoms with E-state index in [-0.39, 0.29) is 6.03 Å². The predicted molar refractivity (Wildman–Crippen MR) is 94.2 cm³/mol. The Kier molecular flexibility index (Phi) is 4.73. The summed E-state index contributed by atoms with van der Waals surface area (Å²) in [6.07, 6.45) is 1.76. The van der Waals surface area contributed by atoms with E-state index in [4.69, 9.17) is 0 Å². The molecule has 0 unspecified atom stereocenters. The second kappa shape index (κ2) is 7.11.